The number of likely N-dealkylation sites (tertiary alicyclic amines) is 1. The Hall–Kier alpha value is -2.08. The molecular weight excluding hydrogens is 280 g/mol. The predicted octanol–water partition coefficient (Wildman–Crippen LogP) is 2.03. The lowest BCUT2D eigenvalue weighted by Crippen LogP contribution is -2.31. The van der Waals surface area contributed by atoms with Gasteiger partial charge in [0.1, 0.15) is 6.04 Å². The van der Waals surface area contributed by atoms with Crippen LogP contribution in [0.4, 0.5) is 6.01 Å². The van der Waals surface area contributed by atoms with Gasteiger partial charge in [-0.2, -0.15) is 4.98 Å². The van der Waals surface area contributed by atoms with Crippen molar-refractivity contribution in [3.05, 3.63) is 29.3 Å². The molecule has 6 nitrogen and oxygen atoms in total. The molecule has 0 saturated carbocycles. The van der Waals surface area contributed by atoms with E-state index in [0.29, 0.717) is 10.8 Å². The van der Waals surface area contributed by atoms with E-state index in [1.165, 1.54) is 0 Å². The fraction of sp³-hybridized carbons (Fsp3) is 0.308. The molecule has 1 amide bonds. The van der Waals surface area contributed by atoms with Gasteiger partial charge in [0.05, 0.1) is 0 Å². The van der Waals surface area contributed by atoms with Crippen molar-refractivity contribution in [3.63, 3.8) is 0 Å². The predicted molar refractivity (Wildman–Crippen MR) is 74.4 cm³/mol. The minimum Gasteiger partial charge on any atom is -0.344 e. The third kappa shape index (κ3) is 2.46. The number of hydrogen-bond acceptors (Lipinski definition) is 5. The standard InChI is InChI=1S/C13H13ClN4O2/c1-18-7-6-10(12(18)19)15-13-16-11(17-20-13)8-2-4-9(14)5-3-8/h2-5,10H,6-7H2,1H3,(H,15,16,17). The second-order valence-electron chi connectivity index (χ2n) is 4.68. The van der Waals surface area contributed by atoms with Crippen LogP contribution in [0.3, 0.4) is 0 Å². The van der Waals surface area contributed by atoms with Crippen LogP contribution >= 0.6 is 11.6 Å². The highest BCUT2D eigenvalue weighted by Gasteiger charge is 2.30. The van der Waals surface area contributed by atoms with Gasteiger partial charge in [0.15, 0.2) is 0 Å². The number of hydrogen-bond donors (Lipinski definition) is 1. The van der Waals surface area contributed by atoms with E-state index in [9.17, 15) is 4.79 Å². The molecule has 1 unspecified atom stereocenters. The number of carbonyl (C=O) groups is 1. The van der Waals surface area contributed by atoms with Crippen molar-refractivity contribution in [2.45, 2.75) is 12.5 Å². The maximum atomic E-state index is 11.8. The number of rotatable bonds is 3. The Morgan fingerprint density at radius 3 is 2.80 bits per heavy atom. The smallest absolute Gasteiger partial charge is 0.322 e. The molecule has 1 N–H and O–H groups in total. The van der Waals surface area contributed by atoms with Gasteiger partial charge in [-0.15, -0.1) is 0 Å². The Balaban J connectivity index is 1.74. The first-order valence-corrected chi connectivity index (χ1v) is 6.62. The number of carbonyl (C=O) groups excluding carboxylic acids is 1. The fourth-order valence-corrected chi connectivity index (χ4v) is 2.23. The molecule has 2 heterocycles. The van der Waals surface area contributed by atoms with Crippen molar-refractivity contribution in [2.75, 3.05) is 18.9 Å². The summed E-state index contributed by atoms with van der Waals surface area (Å²) in [5.41, 5.74) is 0.807. The summed E-state index contributed by atoms with van der Waals surface area (Å²) in [4.78, 5) is 17.7. The number of nitrogens with one attached hydrogen (secondary N) is 1. The number of anilines is 1. The van der Waals surface area contributed by atoms with Crippen molar-refractivity contribution in [3.8, 4) is 11.4 Å². The minimum atomic E-state index is -0.293. The molecule has 1 fully saturated rings. The highest BCUT2D eigenvalue weighted by molar-refractivity contribution is 6.30. The molecule has 1 aliphatic rings. The van der Waals surface area contributed by atoms with Gasteiger partial charge in [0.2, 0.25) is 11.7 Å². The van der Waals surface area contributed by atoms with Crippen LogP contribution in [0.5, 0.6) is 0 Å². The summed E-state index contributed by atoms with van der Waals surface area (Å²) >= 11 is 5.83. The Bertz CT molecular complexity index is 626. The molecule has 2 aromatic rings. The van der Waals surface area contributed by atoms with Crippen molar-refractivity contribution in [1.29, 1.82) is 0 Å². The van der Waals surface area contributed by atoms with Crippen LogP contribution in [0.2, 0.25) is 5.02 Å². The van der Waals surface area contributed by atoms with Crippen molar-refractivity contribution in [1.82, 2.24) is 15.0 Å². The molecule has 0 spiro atoms. The highest BCUT2D eigenvalue weighted by atomic mass is 35.5. The summed E-state index contributed by atoms with van der Waals surface area (Å²) < 4.78 is 5.12. The number of benzene rings is 1. The van der Waals surface area contributed by atoms with Gasteiger partial charge in [0, 0.05) is 24.2 Å². The molecule has 3 rings (SSSR count). The number of halogens is 1. The first kappa shape index (κ1) is 12.9. The first-order chi connectivity index (χ1) is 9.63. The van der Waals surface area contributed by atoms with Crippen molar-refractivity contribution < 1.29 is 9.32 Å². The lowest BCUT2D eigenvalue weighted by atomic mass is 10.2. The number of amides is 1. The second-order valence-corrected chi connectivity index (χ2v) is 5.11. The summed E-state index contributed by atoms with van der Waals surface area (Å²) in [7, 11) is 1.77. The zero-order valence-electron chi connectivity index (χ0n) is 10.8. The number of nitrogens with zero attached hydrogens (tertiary/aromatic N) is 3. The fourth-order valence-electron chi connectivity index (χ4n) is 2.10. The maximum absolute atomic E-state index is 11.8. The van der Waals surface area contributed by atoms with E-state index in [0.717, 1.165) is 18.5 Å². The molecule has 1 aromatic carbocycles. The zero-order chi connectivity index (χ0) is 14.1. The Morgan fingerprint density at radius 2 is 2.15 bits per heavy atom. The van der Waals surface area contributed by atoms with Crippen molar-refractivity contribution >= 4 is 23.5 Å². The summed E-state index contributed by atoms with van der Waals surface area (Å²) in [6.45, 7) is 0.731. The van der Waals surface area contributed by atoms with Crippen LogP contribution in [-0.4, -0.2) is 40.6 Å². The maximum Gasteiger partial charge on any atom is 0.322 e. The molecular formula is C13H13ClN4O2. The van der Waals surface area contributed by atoms with Crippen LogP contribution in [0.1, 0.15) is 6.42 Å². The lowest BCUT2D eigenvalue weighted by Gasteiger charge is -2.09. The molecule has 7 heteroatoms. The van der Waals surface area contributed by atoms with E-state index >= 15 is 0 Å². The molecule has 1 aromatic heterocycles. The monoisotopic (exact) mass is 292 g/mol. The van der Waals surface area contributed by atoms with E-state index in [2.05, 4.69) is 15.5 Å². The van der Waals surface area contributed by atoms with Gasteiger partial charge < -0.3 is 14.7 Å². The average Bonchev–Trinajstić information content (AvgIpc) is 3.02. The third-order valence-corrected chi connectivity index (χ3v) is 3.51. The average molecular weight is 293 g/mol. The van der Waals surface area contributed by atoms with Crippen LogP contribution < -0.4 is 5.32 Å². The quantitative estimate of drug-likeness (QED) is 0.937. The van der Waals surface area contributed by atoms with Gasteiger partial charge in [-0.1, -0.05) is 16.8 Å². The SMILES string of the molecule is CN1CCC(Nc2nc(-c3ccc(Cl)cc3)no2)C1=O. The van der Waals surface area contributed by atoms with Gasteiger partial charge in [-0.3, -0.25) is 4.79 Å². The van der Waals surface area contributed by atoms with Gasteiger partial charge >= 0.3 is 6.01 Å². The molecule has 20 heavy (non-hydrogen) atoms. The summed E-state index contributed by atoms with van der Waals surface area (Å²) in [6.07, 6.45) is 0.730. The normalized spacial score (nSPS) is 18.6. The number of aromatic nitrogens is 2. The van der Waals surface area contributed by atoms with E-state index in [4.69, 9.17) is 16.1 Å². The summed E-state index contributed by atoms with van der Waals surface area (Å²) in [6, 6.07) is 7.10. The molecule has 0 bridgehead atoms. The van der Waals surface area contributed by atoms with E-state index < -0.39 is 0 Å². The van der Waals surface area contributed by atoms with Gasteiger partial charge in [0.25, 0.3) is 0 Å². The summed E-state index contributed by atoms with van der Waals surface area (Å²) in [5, 5.41) is 7.50. The lowest BCUT2D eigenvalue weighted by molar-refractivity contribution is -0.127. The van der Waals surface area contributed by atoms with Crippen LogP contribution in [0.15, 0.2) is 28.8 Å². The molecule has 104 valence electrons. The molecule has 1 atom stereocenters. The molecule has 0 radical (unpaired) electrons. The third-order valence-electron chi connectivity index (χ3n) is 3.25. The zero-order valence-corrected chi connectivity index (χ0v) is 11.6. The van der Waals surface area contributed by atoms with Crippen LogP contribution in [0.25, 0.3) is 11.4 Å². The van der Waals surface area contributed by atoms with Crippen molar-refractivity contribution in [2.24, 2.45) is 0 Å². The van der Waals surface area contributed by atoms with E-state index in [-0.39, 0.29) is 18.0 Å². The Labute approximate surface area is 120 Å². The Kier molecular flexibility index (Phi) is 3.31. The highest BCUT2D eigenvalue weighted by Crippen LogP contribution is 2.21. The van der Waals surface area contributed by atoms with Crippen LogP contribution in [-0.2, 0) is 4.79 Å². The topological polar surface area (TPSA) is 71.3 Å². The van der Waals surface area contributed by atoms with Gasteiger partial charge in [-0.25, -0.2) is 0 Å². The van der Waals surface area contributed by atoms with Gasteiger partial charge in [-0.05, 0) is 30.7 Å². The van der Waals surface area contributed by atoms with Crippen LogP contribution in [0, 0.1) is 0 Å². The van der Waals surface area contributed by atoms with E-state index in [1.54, 1.807) is 24.1 Å². The molecule has 1 aliphatic heterocycles. The first-order valence-electron chi connectivity index (χ1n) is 6.24. The molecule has 0 aliphatic carbocycles. The molecule has 1 saturated heterocycles. The minimum absolute atomic E-state index is 0.0382. The number of likely N-dealkylation sites (N-methyl/N-ethyl adjacent to an activating group) is 1. The largest absolute Gasteiger partial charge is 0.344 e. The second kappa shape index (κ2) is 5.13. The van der Waals surface area contributed by atoms with E-state index in [1.807, 2.05) is 12.1 Å². The Morgan fingerprint density at radius 1 is 1.40 bits per heavy atom. The summed E-state index contributed by atoms with van der Waals surface area (Å²) in [5.74, 6) is 0.499.